The molecule has 0 saturated carbocycles. The number of hydrogen-bond donors (Lipinski definition) is 1. The molecular weight excluding hydrogens is 350 g/mol. The molecule has 11 heteroatoms. The minimum atomic E-state index is -3.92. The average molecular weight is 366 g/mol. The first-order valence-corrected chi connectivity index (χ1v) is 8.83. The van der Waals surface area contributed by atoms with E-state index in [2.05, 4.69) is 4.98 Å². The van der Waals surface area contributed by atoms with E-state index in [1.54, 1.807) is 6.07 Å². The maximum Gasteiger partial charge on any atom is 0.332 e. The molecule has 3 rings (SSSR count). The fraction of sp³-hybridized carbons (Fsp3) is 0.286. The van der Waals surface area contributed by atoms with Crippen LogP contribution in [-0.4, -0.2) is 32.3 Å². The lowest BCUT2D eigenvalue weighted by Crippen LogP contribution is -2.37. The van der Waals surface area contributed by atoms with Gasteiger partial charge in [-0.2, -0.15) is 4.98 Å². The highest BCUT2D eigenvalue weighted by atomic mass is 32.2. The smallest absolute Gasteiger partial charge is 0.312 e. The lowest BCUT2D eigenvalue weighted by atomic mass is 10.3. The van der Waals surface area contributed by atoms with Crippen molar-refractivity contribution in [3.63, 3.8) is 0 Å². The van der Waals surface area contributed by atoms with Gasteiger partial charge < -0.3 is 4.57 Å². The highest BCUT2D eigenvalue weighted by Crippen LogP contribution is 2.18. The van der Waals surface area contributed by atoms with Gasteiger partial charge in [-0.05, 0) is 6.07 Å². The minimum absolute atomic E-state index is 0.000501. The monoisotopic (exact) mass is 366 g/mol. The van der Waals surface area contributed by atoms with Gasteiger partial charge in [-0.25, -0.2) is 13.2 Å². The largest absolute Gasteiger partial charge is 0.332 e. The second kappa shape index (κ2) is 5.55. The van der Waals surface area contributed by atoms with E-state index in [0.717, 1.165) is 13.9 Å². The standard InChI is InChI=1S/C14H16N5O5S/c1-16-10-11(17(2)14(21)18(3)12(10)20)15-13(16)25(23,24)8-9-5-4-6-19(22)7-9/h4-7,22H,8H2,1-3H3/q+1. The molecule has 1 N–H and O–H groups in total. The van der Waals surface area contributed by atoms with E-state index in [9.17, 15) is 23.2 Å². The number of rotatable bonds is 3. The van der Waals surface area contributed by atoms with Gasteiger partial charge in [0.05, 0.1) is 5.75 Å². The van der Waals surface area contributed by atoms with Crippen molar-refractivity contribution in [1.82, 2.24) is 18.7 Å². The van der Waals surface area contributed by atoms with Gasteiger partial charge in [0.2, 0.25) is 27.4 Å². The molecular formula is C14H16N5O5S+. The number of imidazole rings is 1. The van der Waals surface area contributed by atoms with Crippen LogP contribution in [0.25, 0.3) is 11.2 Å². The van der Waals surface area contributed by atoms with Crippen LogP contribution in [0.15, 0.2) is 39.3 Å². The van der Waals surface area contributed by atoms with Gasteiger partial charge in [0.15, 0.2) is 11.2 Å². The first-order valence-electron chi connectivity index (χ1n) is 7.18. The summed E-state index contributed by atoms with van der Waals surface area (Å²) in [7, 11) is 0.221. The molecule has 132 valence electrons. The van der Waals surface area contributed by atoms with Crippen molar-refractivity contribution in [2.75, 3.05) is 0 Å². The van der Waals surface area contributed by atoms with Crippen molar-refractivity contribution in [1.29, 1.82) is 0 Å². The Morgan fingerprint density at radius 2 is 1.84 bits per heavy atom. The zero-order chi connectivity index (χ0) is 18.5. The van der Waals surface area contributed by atoms with E-state index in [1.807, 2.05) is 0 Å². The van der Waals surface area contributed by atoms with Crippen LogP contribution >= 0.6 is 0 Å². The van der Waals surface area contributed by atoms with Gasteiger partial charge in [-0.1, -0.05) is 0 Å². The third-order valence-electron chi connectivity index (χ3n) is 3.92. The van der Waals surface area contributed by atoms with Gasteiger partial charge in [0.25, 0.3) is 5.56 Å². The maximum absolute atomic E-state index is 12.7. The molecule has 0 unspecified atom stereocenters. The second-order valence-corrected chi connectivity index (χ2v) is 7.57. The number of pyridine rings is 1. The molecule has 3 aromatic rings. The number of fused-ring (bicyclic) bond motifs is 1. The Bertz CT molecular complexity index is 1220. The minimum Gasteiger partial charge on any atom is -0.312 e. The van der Waals surface area contributed by atoms with E-state index in [-0.39, 0.29) is 16.3 Å². The molecule has 0 amide bonds. The second-order valence-electron chi connectivity index (χ2n) is 5.68. The average Bonchev–Trinajstić information content (AvgIpc) is 2.89. The van der Waals surface area contributed by atoms with Gasteiger partial charge in [-0.15, -0.1) is 0 Å². The third kappa shape index (κ3) is 2.61. The van der Waals surface area contributed by atoms with E-state index in [1.165, 1.54) is 44.2 Å². The SMILES string of the molecule is Cn1c(=O)c2c(nc(S(=O)(=O)Cc3ccc[n+](O)c3)n2C)n(C)c1=O. The Balaban J connectivity index is 2.24. The summed E-state index contributed by atoms with van der Waals surface area (Å²) >= 11 is 0. The Morgan fingerprint density at radius 3 is 2.48 bits per heavy atom. The highest BCUT2D eigenvalue weighted by molar-refractivity contribution is 7.90. The molecule has 10 nitrogen and oxygen atoms in total. The van der Waals surface area contributed by atoms with Gasteiger partial charge in [0, 0.05) is 37.5 Å². The van der Waals surface area contributed by atoms with Crippen LogP contribution in [0.2, 0.25) is 0 Å². The normalized spacial score (nSPS) is 12.0. The molecule has 3 aromatic heterocycles. The van der Waals surface area contributed by atoms with Crippen molar-refractivity contribution >= 4 is 21.0 Å². The van der Waals surface area contributed by atoms with Crippen LogP contribution in [-0.2, 0) is 36.7 Å². The number of sulfone groups is 1. The fourth-order valence-corrected chi connectivity index (χ4v) is 4.13. The number of aromatic nitrogens is 5. The zero-order valence-electron chi connectivity index (χ0n) is 13.7. The van der Waals surface area contributed by atoms with Gasteiger partial charge in [-0.3, -0.25) is 19.1 Å². The van der Waals surface area contributed by atoms with Crippen molar-refractivity contribution in [3.8, 4) is 0 Å². The van der Waals surface area contributed by atoms with Crippen molar-refractivity contribution < 1.29 is 18.4 Å². The van der Waals surface area contributed by atoms with E-state index >= 15 is 0 Å². The summed E-state index contributed by atoms with van der Waals surface area (Å²) < 4.78 is 29.4. The lowest BCUT2D eigenvalue weighted by Gasteiger charge is -2.04. The number of nitrogens with zero attached hydrogens (tertiary/aromatic N) is 5. The van der Waals surface area contributed by atoms with Crippen LogP contribution in [0.4, 0.5) is 0 Å². The topological polar surface area (TPSA) is 120 Å². The quantitative estimate of drug-likeness (QED) is 0.444. The highest BCUT2D eigenvalue weighted by Gasteiger charge is 2.26. The summed E-state index contributed by atoms with van der Waals surface area (Å²) in [5.41, 5.74) is -0.849. The van der Waals surface area contributed by atoms with E-state index < -0.39 is 26.8 Å². The van der Waals surface area contributed by atoms with Crippen LogP contribution < -0.4 is 16.0 Å². The Hall–Kier alpha value is -2.95. The molecule has 0 fully saturated rings. The molecule has 25 heavy (non-hydrogen) atoms. The predicted molar refractivity (Wildman–Crippen MR) is 85.9 cm³/mol. The Morgan fingerprint density at radius 1 is 1.16 bits per heavy atom. The Labute approximate surface area is 141 Å². The first kappa shape index (κ1) is 16.9. The van der Waals surface area contributed by atoms with Crippen LogP contribution in [0.3, 0.4) is 0 Å². The lowest BCUT2D eigenvalue weighted by molar-refractivity contribution is -0.905. The van der Waals surface area contributed by atoms with E-state index in [4.69, 9.17) is 0 Å². The summed E-state index contributed by atoms with van der Waals surface area (Å²) in [6.45, 7) is 0. The fourth-order valence-electron chi connectivity index (χ4n) is 2.66. The first-order chi connectivity index (χ1) is 11.6. The van der Waals surface area contributed by atoms with Crippen LogP contribution in [0, 0.1) is 0 Å². The Kier molecular flexibility index (Phi) is 3.75. The molecule has 0 aliphatic heterocycles. The maximum atomic E-state index is 12.7. The molecule has 0 bridgehead atoms. The molecule has 0 aliphatic carbocycles. The summed E-state index contributed by atoms with van der Waals surface area (Å²) in [5.74, 6) is -0.417. The molecule has 0 radical (unpaired) electrons. The number of hydrogen-bond acceptors (Lipinski definition) is 6. The molecule has 3 heterocycles. The predicted octanol–water partition coefficient (Wildman–Crippen LogP) is -1.53. The molecule has 0 saturated heterocycles. The molecule has 0 aliphatic rings. The molecule has 0 spiro atoms. The van der Waals surface area contributed by atoms with Crippen molar-refractivity contribution in [2.24, 2.45) is 21.1 Å². The van der Waals surface area contributed by atoms with Crippen molar-refractivity contribution in [3.05, 3.63) is 50.9 Å². The molecule has 0 aromatic carbocycles. The van der Waals surface area contributed by atoms with Crippen molar-refractivity contribution in [2.45, 2.75) is 10.9 Å². The summed E-state index contributed by atoms with van der Waals surface area (Å²) in [6, 6.07) is 3.04. The van der Waals surface area contributed by atoms with Gasteiger partial charge >= 0.3 is 5.69 Å². The summed E-state index contributed by atoms with van der Waals surface area (Å²) in [5, 5.41) is 9.08. The van der Waals surface area contributed by atoms with Crippen LogP contribution in [0.1, 0.15) is 5.56 Å². The third-order valence-corrected chi connectivity index (χ3v) is 5.55. The number of aryl methyl sites for hydroxylation is 2. The van der Waals surface area contributed by atoms with Crippen LogP contribution in [0.5, 0.6) is 0 Å². The summed E-state index contributed by atoms with van der Waals surface area (Å²) in [4.78, 5) is 28.3. The van der Waals surface area contributed by atoms with Gasteiger partial charge in [0.1, 0.15) is 0 Å². The van der Waals surface area contributed by atoms with E-state index in [0.29, 0.717) is 5.56 Å². The summed E-state index contributed by atoms with van der Waals surface area (Å²) in [6.07, 6.45) is 2.61. The zero-order valence-corrected chi connectivity index (χ0v) is 14.6. The molecule has 0 atom stereocenters.